The van der Waals surface area contributed by atoms with Crippen LogP contribution in [0, 0.1) is 6.92 Å². The van der Waals surface area contributed by atoms with Gasteiger partial charge in [-0.2, -0.15) is 0 Å². The second-order valence-electron chi connectivity index (χ2n) is 4.56. The van der Waals surface area contributed by atoms with Crippen LogP contribution in [0.1, 0.15) is 27.4 Å². The average Bonchev–Trinajstić information content (AvgIpc) is 2.64. The lowest BCUT2D eigenvalue weighted by molar-refractivity contribution is 0.0924. The van der Waals surface area contributed by atoms with E-state index in [1.807, 2.05) is 13.0 Å². The maximum Gasteiger partial charge on any atom is 0.253 e. The summed E-state index contributed by atoms with van der Waals surface area (Å²) in [4.78, 5) is 11.9. The highest BCUT2D eigenvalue weighted by Crippen LogP contribution is 2.34. The molecule has 0 aromatic heterocycles. The fraction of sp³-hybridized carbons (Fsp3) is 0.417. The highest BCUT2D eigenvalue weighted by molar-refractivity contribution is 6.34. The first-order chi connectivity index (χ1) is 7.66. The third kappa shape index (κ3) is 1.35. The van der Waals surface area contributed by atoms with Gasteiger partial charge in [0.25, 0.3) is 5.91 Å². The van der Waals surface area contributed by atoms with Gasteiger partial charge in [0.1, 0.15) is 0 Å². The molecule has 1 aromatic carbocycles. The lowest BCUT2D eigenvalue weighted by Crippen LogP contribution is -2.44. The van der Waals surface area contributed by atoms with E-state index in [4.69, 9.17) is 11.6 Å². The highest BCUT2D eigenvalue weighted by Gasteiger charge is 2.37. The molecule has 1 aromatic rings. The molecule has 0 spiro atoms. The van der Waals surface area contributed by atoms with Crippen LogP contribution in [-0.2, 0) is 0 Å². The quantitative estimate of drug-likeness (QED) is 0.716. The van der Waals surface area contributed by atoms with Crippen LogP contribution in [0.5, 0.6) is 0 Å². The molecule has 0 saturated carbocycles. The minimum absolute atomic E-state index is 0.0371. The molecule has 16 heavy (non-hydrogen) atoms. The first-order valence-corrected chi connectivity index (χ1v) is 5.86. The number of nitrogens with one attached hydrogen (secondary N) is 2. The van der Waals surface area contributed by atoms with Gasteiger partial charge in [0.2, 0.25) is 0 Å². The summed E-state index contributed by atoms with van der Waals surface area (Å²) in [5.41, 5.74) is 2.88. The summed E-state index contributed by atoms with van der Waals surface area (Å²) in [6.07, 6.45) is 0. The average molecular weight is 237 g/mol. The van der Waals surface area contributed by atoms with E-state index in [0.717, 1.165) is 24.2 Å². The van der Waals surface area contributed by atoms with Gasteiger partial charge in [0.15, 0.2) is 0 Å². The molecule has 0 radical (unpaired) electrons. The molecule has 2 aliphatic rings. The van der Waals surface area contributed by atoms with E-state index >= 15 is 0 Å². The number of amides is 1. The van der Waals surface area contributed by atoms with Crippen LogP contribution >= 0.6 is 11.6 Å². The van der Waals surface area contributed by atoms with Crippen molar-refractivity contribution in [1.82, 2.24) is 10.6 Å². The van der Waals surface area contributed by atoms with E-state index < -0.39 is 0 Å². The topological polar surface area (TPSA) is 41.1 Å². The van der Waals surface area contributed by atoms with Crippen molar-refractivity contribution in [2.75, 3.05) is 13.1 Å². The van der Waals surface area contributed by atoms with Gasteiger partial charge in [-0.25, -0.2) is 0 Å². The van der Waals surface area contributed by atoms with E-state index in [0.29, 0.717) is 16.5 Å². The van der Waals surface area contributed by atoms with Gasteiger partial charge in [-0.1, -0.05) is 17.7 Å². The molecule has 0 bridgehead atoms. The zero-order valence-corrected chi connectivity index (χ0v) is 9.77. The summed E-state index contributed by atoms with van der Waals surface area (Å²) in [6, 6.07) is 4.16. The lowest BCUT2D eigenvalue weighted by Gasteiger charge is -2.29. The van der Waals surface area contributed by atoms with Gasteiger partial charge < -0.3 is 10.6 Å². The van der Waals surface area contributed by atoms with Crippen LogP contribution < -0.4 is 10.6 Å². The summed E-state index contributed by atoms with van der Waals surface area (Å²) in [5.74, 6) is 0.329. The summed E-state index contributed by atoms with van der Waals surface area (Å²) in [7, 11) is 0. The highest BCUT2D eigenvalue weighted by atomic mass is 35.5. The number of carbonyl (C=O) groups is 1. The van der Waals surface area contributed by atoms with Gasteiger partial charge in [-0.05, 0) is 24.1 Å². The van der Waals surface area contributed by atoms with Crippen molar-refractivity contribution >= 4 is 17.5 Å². The Hall–Kier alpha value is -1.06. The number of halogens is 1. The predicted molar refractivity (Wildman–Crippen MR) is 63.1 cm³/mol. The van der Waals surface area contributed by atoms with E-state index in [2.05, 4.69) is 16.7 Å². The van der Waals surface area contributed by atoms with Crippen molar-refractivity contribution in [3.63, 3.8) is 0 Å². The lowest BCUT2D eigenvalue weighted by atomic mass is 9.85. The molecule has 2 aliphatic heterocycles. The maximum atomic E-state index is 11.9. The zero-order valence-electron chi connectivity index (χ0n) is 9.01. The second-order valence-corrected chi connectivity index (χ2v) is 4.96. The molecule has 1 fully saturated rings. The number of carbonyl (C=O) groups excluding carboxylic acids is 1. The van der Waals surface area contributed by atoms with Crippen LogP contribution in [0.25, 0.3) is 0 Å². The molecule has 0 aliphatic carbocycles. The van der Waals surface area contributed by atoms with Crippen molar-refractivity contribution in [1.29, 1.82) is 0 Å². The van der Waals surface area contributed by atoms with Crippen molar-refractivity contribution in [2.45, 2.75) is 18.9 Å². The first-order valence-electron chi connectivity index (χ1n) is 5.48. The Morgan fingerprint density at radius 3 is 3.00 bits per heavy atom. The third-order valence-electron chi connectivity index (χ3n) is 3.42. The molecule has 1 saturated heterocycles. The predicted octanol–water partition coefficient (Wildman–Crippen LogP) is 1.45. The van der Waals surface area contributed by atoms with Crippen LogP contribution in [0.15, 0.2) is 12.1 Å². The van der Waals surface area contributed by atoms with Crippen LogP contribution in [0.4, 0.5) is 0 Å². The van der Waals surface area contributed by atoms with E-state index in [-0.39, 0.29) is 11.9 Å². The van der Waals surface area contributed by atoms with Gasteiger partial charge >= 0.3 is 0 Å². The fourth-order valence-electron chi connectivity index (χ4n) is 2.70. The molecule has 0 unspecified atom stereocenters. The Bertz CT molecular complexity index is 472. The molecule has 84 valence electrons. The number of fused-ring (bicyclic) bond motifs is 3. The smallest absolute Gasteiger partial charge is 0.253 e. The van der Waals surface area contributed by atoms with Gasteiger partial charge in [-0.3, -0.25) is 4.79 Å². The molecule has 2 atom stereocenters. The number of hydrogen-bond acceptors (Lipinski definition) is 2. The Labute approximate surface area is 99.2 Å². The summed E-state index contributed by atoms with van der Waals surface area (Å²) in [5, 5.41) is 6.88. The van der Waals surface area contributed by atoms with Crippen LogP contribution in [-0.4, -0.2) is 25.0 Å². The number of hydrogen-bond donors (Lipinski definition) is 2. The van der Waals surface area contributed by atoms with E-state index in [9.17, 15) is 4.79 Å². The Balaban J connectivity index is 2.20. The largest absolute Gasteiger partial charge is 0.347 e. The fourth-order valence-corrected chi connectivity index (χ4v) is 3.07. The van der Waals surface area contributed by atoms with E-state index in [1.165, 1.54) is 0 Å². The monoisotopic (exact) mass is 236 g/mol. The van der Waals surface area contributed by atoms with Crippen molar-refractivity contribution in [3.8, 4) is 0 Å². The summed E-state index contributed by atoms with van der Waals surface area (Å²) < 4.78 is 0. The second kappa shape index (κ2) is 3.47. The third-order valence-corrected chi connectivity index (χ3v) is 3.72. The Morgan fingerprint density at radius 2 is 2.19 bits per heavy atom. The molecular formula is C12H13ClN2O. The Kier molecular flexibility index (Phi) is 2.19. The van der Waals surface area contributed by atoms with Crippen molar-refractivity contribution < 1.29 is 4.79 Å². The van der Waals surface area contributed by atoms with Crippen molar-refractivity contribution in [2.24, 2.45) is 0 Å². The number of rotatable bonds is 0. The molecule has 1 amide bonds. The molecule has 3 nitrogen and oxygen atoms in total. The van der Waals surface area contributed by atoms with Gasteiger partial charge in [-0.15, -0.1) is 0 Å². The molecule has 2 N–H and O–H groups in total. The molecule has 3 rings (SSSR count). The molecule has 4 heteroatoms. The zero-order chi connectivity index (χ0) is 11.3. The van der Waals surface area contributed by atoms with Crippen LogP contribution in [0.2, 0.25) is 5.02 Å². The van der Waals surface area contributed by atoms with Crippen LogP contribution in [0.3, 0.4) is 0 Å². The molecular weight excluding hydrogens is 224 g/mol. The minimum atomic E-state index is -0.0371. The summed E-state index contributed by atoms with van der Waals surface area (Å²) >= 11 is 6.15. The SMILES string of the molecule is Cc1cc(Cl)c2c(c1)[C@@H]1CNC[C@H]1NC2=O. The van der Waals surface area contributed by atoms with Gasteiger partial charge in [0, 0.05) is 25.0 Å². The Morgan fingerprint density at radius 1 is 1.38 bits per heavy atom. The van der Waals surface area contributed by atoms with E-state index in [1.54, 1.807) is 0 Å². The standard InChI is InChI=1S/C12H13ClN2O/c1-6-2-7-8-4-14-5-10(8)15-12(16)11(7)9(13)3-6/h2-3,8,10,14H,4-5H2,1H3,(H,15,16)/t8-,10+/m0/s1. The summed E-state index contributed by atoms with van der Waals surface area (Å²) in [6.45, 7) is 3.77. The maximum absolute atomic E-state index is 11.9. The van der Waals surface area contributed by atoms with Gasteiger partial charge in [0.05, 0.1) is 10.6 Å². The normalized spacial score (nSPS) is 27.2. The number of benzene rings is 1. The van der Waals surface area contributed by atoms with Crippen molar-refractivity contribution in [3.05, 3.63) is 33.8 Å². The number of aryl methyl sites for hydroxylation is 1. The first kappa shape index (κ1) is 10.1. The minimum Gasteiger partial charge on any atom is -0.347 e. The molecule has 2 heterocycles.